The van der Waals surface area contributed by atoms with E-state index in [-0.39, 0.29) is 18.1 Å². The molecule has 1 heterocycles. The smallest absolute Gasteiger partial charge is 0.406 e. The van der Waals surface area contributed by atoms with Gasteiger partial charge in [0, 0.05) is 18.2 Å². The third kappa shape index (κ3) is 5.15. The predicted octanol–water partition coefficient (Wildman–Crippen LogP) is 5.71. The van der Waals surface area contributed by atoms with Crippen molar-refractivity contribution in [2.75, 3.05) is 5.32 Å². The van der Waals surface area contributed by atoms with Crippen molar-refractivity contribution in [2.45, 2.75) is 38.0 Å². The molecule has 0 aliphatic heterocycles. The number of nitrogens with zero attached hydrogens (tertiary/aromatic N) is 2. The number of carbonyl (C=O) groups excluding carboxylic acids is 1. The lowest BCUT2D eigenvalue weighted by Gasteiger charge is -2.27. The number of aromatic nitrogens is 2. The van der Waals surface area contributed by atoms with Crippen LogP contribution < -0.4 is 10.1 Å². The maximum atomic E-state index is 13.4. The zero-order valence-electron chi connectivity index (χ0n) is 17.5. The van der Waals surface area contributed by atoms with Gasteiger partial charge < -0.3 is 10.1 Å². The average Bonchev–Trinajstić information content (AvgIpc) is 2.98. The Balaban J connectivity index is 1.60. The molecule has 3 aromatic rings. The van der Waals surface area contributed by atoms with Crippen LogP contribution in [0.1, 0.15) is 36.3 Å². The van der Waals surface area contributed by atoms with Crippen LogP contribution in [0.2, 0.25) is 0 Å². The van der Waals surface area contributed by atoms with Crippen molar-refractivity contribution in [3.8, 4) is 17.0 Å². The van der Waals surface area contributed by atoms with Gasteiger partial charge in [0.1, 0.15) is 5.75 Å². The molecule has 0 atom stereocenters. The van der Waals surface area contributed by atoms with Crippen molar-refractivity contribution in [3.63, 3.8) is 0 Å². The molecule has 1 N–H and O–H groups in total. The summed E-state index contributed by atoms with van der Waals surface area (Å²) in [6.07, 6.45) is -2.16. The lowest BCUT2D eigenvalue weighted by Crippen LogP contribution is -2.18. The number of ether oxygens (including phenoxy) is 1. The van der Waals surface area contributed by atoms with Crippen LogP contribution in [0.4, 0.5) is 27.8 Å². The number of nitrogens with one attached hydrogen (secondary N) is 1. The Morgan fingerprint density at radius 3 is 2.39 bits per heavy atom. The zero-order valence-corrected chi connectivity index (χ0v) is 17.5. The van der Waals surface area contributed by atoms with Crippen molar-refractivity contribution in [1.29, 1.82) is 0 Å². The number of benzene rings is 2. The van der Waals surface area contributed by atoms with E-state index in [0.717, 1.165) is 37.0 Å². The Labute approximate surface area is 186 Å². The normalized spacial score (nSPS) is 14.1. The molecular formula is C23H20F5N3O2. The summed E-state index contributed by atoms with van der Waals surface area (Å²) in [6.45, 7) is 0. The first-order valence-corrected chi connectivity index (χ1v) is 10.3. The molecule has 4 rings (SSSR count). The van der Waals surface area contributed by atoms with E-state index >= 15 is 0 Å². The molecule has 0 unspecified atom stereocenters. The minimum absolute atomic E-state index is 0.137. The van der Waals surface area contributed by atoms with E-state index in [4.69, 9.17) is 0 Å². The van der Waals surface area contributed by atoms with E-state index in [1.54, 1.807) is 11.7 Å². The fourth-order valence-corrected chi connectivity index (χ4v) is 3.88. The van der Waals surface area contributed by atoms with E-state index in [0.29, 0.717) is 22.6 Å². The number of rotatable bonds is 6. The molecule has 33 heavy (non-hydrogen) atoms. The molecular weight excluding hydrogens is 445 g/mol. The minimum Gasteiger partial charge on any atom is -0.406 e. The Morgan fingerprint density at radius 1 is 1.12 bits per heavy atom. The predicted molar refractivity (Wildman–Crippen MR) is 111 cm³/mol. The molecule has 5 nitrogen and oxygen atoms in total. The monoisotopic (exact) mass is 465 g/mol. The number of carbonyl (C=O) groups is 1. The largest absolute Gasteiger partial charge is 0.573 e. The third-order valence-corrected chi connectivity index (χ3v) is 5.57. The summed E-state index contributed by atoms with van der Waals surface area (Å²) in [5.41, 5.74) is 2.42. The van der Waals surface area contributed by atoms with E-state index < -0.39 is 23.9 Å². The number of amides is 1. The van der Waals surface area contributed by atoms with Crippen molar-refractivity contribution in [3.05, 3.63) is 65.2 Å². The Hall–Kier alpha value is -3.43. The number of anilines is 1. The molecule has 1 amide bonds. The topological polar surface area (TPSA) is 56.2 Å². The molecule has 1 aliphatic rings. The molecule has 10 heteroatoms. The second-order valence-corrected chi connectivity index (χ2v) is 7.91. The lowest BCUT2D eigenvalue weighted by molar-refractivity contribution is -0.274. The minimum atomic E-state index is -4.78. The van der Waals surface area contributed by atoms with Crippen LogP contribution in [0.25, 0.3) is 11.3 Å². The Bertz CT molecular complexity index is 1170. The first-order valence-electron chi connectivity index (χ1n) is 10.3. The van der Waals surface area contributed by atoms with Crippen molar-refractivity contribution in [2.24, 2.45) is 7.05 Å². The van der Waals surface area contributed by atoms with E-state index in [2.05, 4.69) is 15.2 Å². The highest BCUT2D eigenvalue weighted by Gasteiger charge is 2.32. The van der Waals surface area contributed by atoms with Gasteiger partial charge in [-0.15, -0.1) is 13.2 Å². The first-order chi connectivity index (χ1) is 15.6. The molecule has 1 aromatic heterocycles. The van der Waals surface area contributed by atoms with Gasteiger partial charge in [-0.25, -0.2) is 8.78 Å². The van der Waals surface area contributed by atoms with Crippen molar-refractivity contribution >= 4 is 11.7 Å². The average molecular weight is 465 g/mol. The SMILES string of the molecule is Cn1nc(NC(=O)Cc2ccc(F)c(F)c2)c(C2CCC2)c1-c1ccc(OC(F)(F)F)cc1. The summed E-state index contributed by atoms with van der Waals surface area (Å²) in [5, 5.41) is 7.18. The third-order valence-electron chi connectivity index (χ3n) is 5.57. The standard InChI is InChI=1S/C23H20F5N3O2/c1-31-21(15-6-8-16(9-7-15)33-23(26,27)28)20(14-3-2-4-14)22(30-31)29-19(32)12-13-5-10-17(24)18(25)11-13/h5-11,14H,2-4,12H2,1H3,(H,29,30,32). The molecule has 1 saturated carbocycles. The van der Waals surface area contributed by atoms with Crippen LogP contribution in [0.3, 0.4) is 0 Å². The molecule has 0 bridgehead atoms. The van der Waals surface area contributed by atoms with Gasteiger partial charge in [0.15, 0.2) is 17.5 Å². The van der Waals surface area contributed by atoms with Gasteiger partial charge >= 0.3 is 6.36 Å². The van der Waals surface area contributed by atoms with Crippen molar-refractivity contribution in [1.82, 2.24) is 9.78 Å². The lowest BCUT2D eigenvalue weighted by atomic mass is 9.79. The maximum absolute atomic E-state index is 13.4. The summed E-state index contributed by atoms with van der Waals surface area (Å²) in [7, 11) is 1.68. The Morgan fingerprint density at radius 2 is 1.82 bits per heavy atom. The molecule has 0 radical (unpaired) electrons. The fourth-order valence-electron chi connectivity index (χ4n) is 3.88. The van der Waals surface area contributed by atoms with E-state index in [9.17, 15) is 26.7 Å². The zero-order chi connectivity index (χ0) is 23.8. The van der Waals surface area contributed by atoms with Gasteiger partial charge in [-0.05, 0) is 60.7 Å². The van der Waals surface area contributed by atoms with Gasteiger partial charge in [0.25, 0.3) is 0 Å². The van der Waals surface area contributed by atoms with Gasteiger partial charge in [0.05, 0.1) is 12.1 Å². The van der Waals surface area contributed by atoms with E-state index in [1.165, 1.54) is 30.3 Å². The highest BCUT2D eigenvalue weighted by molar-refractivity contribution is 5.93. The van der Waals surface area contributed by atoms with Crippen LogP contribution in [-0.4, -0.2) is 22.1 Å². The highest BCUT2D eigenvalue weighted by Crippen LogP contribution is 2.45. The molecule has 0 spiro atoms. The summed E-state index contributed by atoms with van der Waals surface area (Å²) < 4.78 is 69.5. The van der Waals surface area contributed by atoms with Gasteiger partial charge in [-0.2, -0.15) is 5.10 Å². The van der Waals surface area contributed by atoms with Crippen LogP contribution in [0, 0.1) is 11.6 Å². The summed E-state index contributed by atoms with van der Waals surface area (Å²) in [5.74, 6) is -2.32. The molecule has 0 saturated heterocycles. The summed E-state index contributed by atoms with van der Waals surface area (Å²) >= 11 is 0. The maximum Gasteiger partial charge on any atom is 0.573 e. The molecule has 174 valence electrons. The number of hydrogen-bond acceptors (Lipinski definition) is 3. The number of hydrogen-bond donors (Lipinski definition) is 1. The first kappa shape index (κ1) is 22.8. The second-order valence-electron chi connectivity index (χ2n) is 7.91. The van der Waals surface area contributed by atoms with Gasteiger partial charge in [0.2, 0.25) is 5.91 Å². The van der Waals surface area contributed by atoms with Gasteiger partial charge in [-0.3, -0.25) is 9.48 Å². The second kappa shape index (κ2) is 8.84. The number of halogens is 5. The summed E-state index contributed by atoms with van der Waals surface area (Å²) in [6, 6.07) is 8.72. The van der Waals surface area contributed by atoms with E-state index in [1.807, 2.05) is 0 Å². The highest BCUT2D eigenvalue weighted by atomic mass is 19.4. The van der Waals surface area contributed by atoms with Crippen LogP contribution in [-0.2, 0) is 18.3 Å². The number of alkyl halides is 3. The number of aryl methyl sites for hydroxylation is 1. The van der Waals surface area contributed by atoms with Crippen LogP contribution in [0.5, 0.6) is 5.75 Å². The molecule has 1 aliphatic carbocycles. The summed E-state index contributed by atoms with van der Waals surface area (Å²) in [4.78, 5) is 12.6. The van der Waals surface area contributed by atoms with Gasteiger partial charge in [-0.1, -0.05) is 12.5 Å². The van der Waals surface area contributed by atoms with Crippen molar-refractivity contribution < 1.29 is 31.5 Å². The fraction of sp³-hybridized carbons (Fsp3) is 0.304. The quantitative estimate of drug-likeness (QED) is 0.475. The molecule has 1 fully saturated rings. The van der Waals surface area contributed by atoms with Crippen LogP contribution >= 0.6 is 0 Å². The molecule has 2 aromatic carbocycles. The van der Waals surface area contributed by atoms with Crippen LogP contribution in [0.15, 0.2) is 42.5 Å². The Kier molecular flexibility index (Phi) is 6.09.